The van der Waals surface area contributed by atoms with E-state index in [4.69, 9.17) is 16.6 Å². The molecule has 3 heterocycles. The smallest absolute Gasteiger partial charge is 0.229 e. The first-order valence-electron chi connectivity index (χ1n) is 11.4. The minimum atomic E-state index is 0.414. The van der Waals surface area contributed by atoms with Crippen molar-refractivity contribution in [2.75, 3.05) is 30.4 Å². The number of likely N-dealkylation sites (N-methyl/N-ethyl adjacent to an activating group) is 1. The zero-order valence-electron chi connectivity index (χ0n) is 18.0. The lowest BCUT2D eigenvalue weighted by atomic mass is 9.88. The molecule has 31 heavy (non-hydrogen) atoms. The van der Waals surface area contributed by atoms with Crippen LogP contribution in [-0.2, 0) is 0 Å². The van der Waals surface area contributed by atoms with Gasteiger partial charge in [-0.05, 0) is 75.2 Å². The van der Waals surface area contributed by atoms with Crippen LogP contribution >= 0.6 is 11.6 Å². The second-order valence-electron chi connectivity index (χ2n) is 9.10. The Labute approximate surface area is 189 Å². The van der Waals surface area contributed by atoms with Crippen molar-refractivity contribution in [1.29, 1.82) is 5.26 Å². The monoisotopic (exact) mass is 436 g/mol. The number of nitrogens with one attached hydrogen (secondary N) is 1. The van der Waals surface area contributed by atoms with E-state index in [1.54, 1.807) is 6.20 Å². The Balaban J connectivity index is 1.37. The number of rotatable bonds is 5. The number of anilines is 3. The summed E-state index contributed by atoms with van der Waals surface area (Å²) in [6.07, 6.45) is 10.3. The average Bonchev–Trinajstić information content (AvgIpc) is 3.65. The molecule has 3 fully saturated rings. The predicted octanol–water partition coefficient (Wildman–Crippen LogP) is 5.08. The molecule has 6 nitrogen and oxygen atoms in total. The maximum atomic E-state index is 9.54. The number of aromatic nitrogens is 2. The highest BCUT2D eigenvalue weighted by atomic mass is 35.5. The molecule has 2 aromatic rings. The quantitative estimate of drug-likeness (QED) is 0.705. The van der Waals surface area contributed by atoms with E-state index in [1.807, 2.05) is 12.1 Å². The van der Waals surface area contributed by atoms with Crippen molar-refractivity contribution in [3.63, 3.8) is 0 Å². The Morgan fingerprint density at radius 3 is 2.81 bits per heavy atom. The molecule has 0 amide bonds. The molecule has 1 aromatic carbocycles. The molecule has 5 rings (SSSR count). The maximum Gasteiger partial charge on any atom is 0.229 e. The van der Waals surface area contributed by atoms with Crippen LogP contribution in [0.1, 0.15) is 62.0 Å². The minimum Gasteiger partial charge on any atom is -0.354 e. The van der Waals surface area contributed by atoms with Crippen molar-refractivity contribution >= 4 is 29.1 Å². The average molecular weight is 437 g/mol. The van der Waals surface area contributed by atoms with Gasteiger partial charge in [0.2, 0.25) is 5.95 Å². The molecule has 2 saturated heterocycles. The Morgan fingerprint density at radius 1 is 1.16 bits per heavy atom. The first-order valence-corrected chi connectivity index (χ1v) is 11.8. The Hall–Kier alpha value is -2.36. The van der Waals surface area contributed by atoms with Crippen LogP contribution in [0.25, 0.3) is 0 Å². The zero-order chi connectivity index (χ0) is 21.4. The normalized spacial score (nSPS) is 23.6. The van der Waals surface area contributed by atoms with Crippen molar-refractivity contribution in [1.82, 2.24) is 14.9 Å². The van der Waals surface area contributed by atoms with Crippen LogP contribution in [0, 0.1) is 11.3 Å². The first kappa shape index (κ1) is 20.5. The summed E-state index contributed by atoms with van der Waals surface area (Å²) in [5.41, 5.74) is 2.71. The highest BCUT2D eigenvalue weighted by Gasteiger charge is 2.36. The molecule has 1 aromatic heterocycles. The van der Waals surface area contributed by atoms with Gasteiger partial charge in [0.05, 0.1) is 17.8 Å². The standard InChI is InChI=1S/C24H29ClN6/c1-30(21-6-4-12-31-11-3-2-5-22(21)31)23-20(25)15-27-24(29-23)28-18-9-10-19(16-7-8-16)17(13-18)14-26/h9-10,13,15-16,21-22H,2-8,11-12H2,1H3,(H,27,28,29)/t21?,22-/m1/s1. The van der Waals surface area contributed by atoms with Gasteiger partial charge in [-0.1, -0.05) is 24.1 Å². The number of piperidine rings is 2. The topological polar surface area (TPSA) is 68.1 Å². The van der Waals surface area contributed by atoms with Crippen LogP contribution in [0.2, 0.25) is 5.02 Å². The van der Waals surface area contributed by atoms with Crippen molar-refractivity contribution in [2.45, 2.75) is 62.9 Å². The summed E-state index contributed by atoms with van der Waals surface area (Å²) in [5.74, 6) is 1.82. The number of benzene rings is 1. The third-order valence-corrected chi connectivity index (χ3v) is 7.32. The second-order valence-corrected chi connectivity index (χ2v) is 9.51. The predicted molar refractivity (Wildman–Crippen MR) is 124 cm³/mol. The summed E-state index contributed by atoms with van der Waals surface area (Å²) < 4.78 is 0. The van der Waals surface area contributed by atoms with E-state index in [0.29, 0.717) is 29.0 Å². The van der Waals surface area contributed by atoms with Gasteiger partial charge in [0.25, 0.3) is 0 Å². The number of nitrogens with zero attached hydrogens (tertiary/aromatic N) is 5. The zero-order valence-corrected chi connectivity index (χ0v) is 18.8. The third-order valence-electron chi connectivity index (χ3n) is 7.06. The summed E-state index contributed by atoms with van der Waals surface area (Å²) in [5, 5.41) is 13.4. The maximum absolute atomic E-state index is 9.54. The summed E-state index contributed by atoms with van der Waals surface area (Å²) in [6.45, 7) is 2.41. The molecule has 1 unspecified atom stereocenters. The van der Waals surface area contributed by atoms with Gasteiger partial charge in [0.15, 0.2) is 5.82 Å². The minimum absolute atomic E-state index is 0.414. The van der Waals surface area contributed by atoms with E-state index in [-0.39, 0.29) is 0 Å². The molecule has 2 aliphatic heterocycles. The lowest BCUT2D eigenvalue weighted by Crippen LogP contribution is -2.56. The fourth-order valence-corrected chi connectivity index (χ4v) is 5.54. The summed E-state index contributed by atoms with van der Waals surface area (Å²) in [4.78, 5) is 14.1. The Morgan fingerprint density at radius 2 is 2.00 bits per heavy atom. The number of hydrogen-bond donors (Lipinski definition) is 1. The molecule has 0 radical (unpaired) electrons. The van der Waals surface area contributed by atoms with Gasteiger partial charge < -0.3 is 10.2 Å². The number of halogens is 1. The molecular weight excluding hydrogens is 408 g/mol. The van der Waals surface area contributed by atoms with Gasteiger partial charge >= 0.3 is 0 Å². The Kier molecular flexibility index (Phi) is 5.73. The van der Waals surface area contributed by atoms with Crippen LogP contribution in [0.3, 0.4) is 0 Å². The molecule has 2 atom stereocenters. The first-order chi connectivity index (χ1) is 15.1. The number of fused-ring (bicyclic) bond motifs is 1. The Bertz CT molecular complexity index is 996. The summed E-state index contributed by atoms with van der Waals surface area (Å²) in [6, 6.07) is 9.29. The van der Waals surface area contributed by atoms with Crippen LogP contribution in [0.5, 0.6) is 0 Å². The molecule has 162 valence electrons. The van der Waals surface area contributed by atoms with E-state index in [1.165, 1.54) is 51.6 Å². The van der Waals surface area contributed by atoms with E-state index < -0.39 is 0 Å². The second kappa shape index (κ2) is 8.64. The third kappa shape index (κ3) is 4.22. The largest absolute Gasteiger partial charge is 0.354 e. The van der Waals surface area contributed by atoms with Crippen molar-refractivity contribution in [2.24, 2.45) is 0 Å². The molecule has 3 aliphatic rings. The highest BCUT2D eigenvalue weighted by molar-refractivity contribution is 6.32. The van der Waals surface area contributed by atoms with Crippen LogP contribution in [-0.4, -0.2) is 47.1 Å². The molecule has 7 heteroatoms. The van der Waals surface area contributed by atoms with Crippen LogP contribution in [0.15, 0.2) is 24.4 Å². The van der Waals surface area contributed by atoms with Crippen LogP contribution < -0.4 is 10.2 Å². The molecule has 1 saturated carbocycles. The lowest BCUT2D eigenvalue weighted by molar-refractivity contribution is 0.0894. The molecule has 1 N–H and O–H groups in total. The number of nitriles is 1. The van der Waals surface area contributed by atoms with Gasteiger partial charge in [-0.25, -0.2) is 4.98 Å². The number of hydrogen-bond acceptors (Lipinski definition) is 6. The van der Waals surface area contributed by atoms with Crippen molar-refractivity contribution in [3.05, 3.63) is 40.5 Å². The van der Waals surface area contributed by atoms with Gasteiger partial charge in [-0.2, -0.15) is 10.2 Å². The molecule has 0 bridgehead atoms. The lowest BCUT2D eigenvalue weighted by Gasteiger charge is -2.47. The molecule has 0 spiro atoms. The van der Waals surface area contributed by atoms with Crippen molar-refractivity contribution < 1.29 is 0 Å². The highest BCUT2D eigenvalue weighted by Crippen LogP contribution is 2.42. The van der Waals surface area contributed by atoms with Gasteiger partial charge in [0.1, 0.15) is 5.02 Å². The van der Waals surface area contributed by atoms with Crippen LogP contribution in [0.4, 0.5) is 17.5 Å². The van der Waals surface area contributed by atoms with Crippen molar-refractivity contribution in [3.8, 4) is 6.07 Å². The molecular formula is C24H29ClN6. The summed E-state index contributed by atoms with van der Waals surface area (Å²) >= 11 is 6.55. The van der Waals surface area contributed by atoms with Gasteiger partial charge in [-0.15, -0.1) is 0 Å². The summed E-state index contributed by atoms with van der Waals surface area (Å²) in [7, 11) is 2.11. The fraction of sp³-hybridized carbons (Fsp3) is 0.542. The van der Waals surface area contributed by atoms with E-state index in [9.17, 15) is 5.26 Å². The van der Waals surface area contributed by atoms with Gasteiger partial charge in [-0.3, -0.25) is 4.90 Å². The van der Waals surface area contributed by atoms with E-state index in [2.05, 4.69) is 39.3 Å². The molecule has 1 aliphatic carbocycles. The fourth-order valence-electron chi connectivity index (χ4n) is 5.31. The van der Waals surface area contributed by atoms with E-state index in [0.717, 1.165) is 29.1 Å². The SMILES string of the molecule is CN(c1nc(Nc2ccc(C3CC3)c(C#N)c2)ncc1Cl)C1CCCN2CCCC[C@H]12. The van der Waals surface area contributed by atoms with Gasteiger partial charge in [0, 0.05) is 24.8 Å². The van der Waals surface area contributed by atoms with E-state index >= 15 is 0 Å².